The number of likely N-dealkylation sites (tertiary alicyclic amines) is 1. The average Bonchev–Trinajstić information content (AvgIpc) is 2.68. The summed E-state index contributed by atoms with van der Waals surface area (Å²) in [4.78, 5) is 2.40. The molecule has 1 fully saturated rings. The molecule has 1 aliphatic rings. The number of aliphatic hydroxyl groups is 1. The Morgan fingerprint density at radius 1 is 1.44 bits per heavy atom. The Morgan fingerprint density at radius 2 is 2.12 bits per heavy atom. The van der Waals surface area contributed by atoms with Crippen LogP contribution in [0.3, 0.4) is 0 Å². The van der Waals surface area contributed by atoms with Crippen LogP contribution in [-0.4, -0.2) is 44.7 Å². The summed E-state index contributed by atoms with van der Waals surface area (Å²) in [5.74, 6) is 0. The van der Waals surface area contributed by atoms with Gasteiger partial charge in [-0.25, -0.2) is 0 Å². The molecule has 0 aromatic carbocycles. The molecule has 0 unspecified atom stereocenters. The molecule has 0 saturated carbocycles. The van der Waals surface area contributed by atoms with Crippen LogP contribution in [0.5, 0.6) is 0 Å². The zero-order chi connectivity index (χ0) is 11.6. The van der Waals surface area contributed by atoms with Gasteiger partial charge in [-0.15, -0.1) is 5.10 Å². The zero-order valence-corrected chi connectivity index (χ0v) is 10.1. The van der Waals surface area contributed by atoms with Crippen LogP contribution in [0.2, 0.25) is 0 Å². The second-order valence-corrected chi connectivity index (χ2v) is 5.09. The maximum Gasteiger partial charge on any atom is 0.0738 e. The predicted molar refractivity (Wildman–Crippen MR) is 60.7 cm³/mol. The Balaban J connectivity index is 1.88. The Hall–Kier alpha value is -0.940. The minimum absolute atomic E-state index is 0.126. The molecule has 0 bridgehead atoms. The highest BCUT2D eigenvalue weighted by Gasteiger charge is 2.29. The summed E-state index contributed by atoms with van der Waals surface area (Å²) in [6.45, 7) is 5.46. The molecule has 5 nitrogen and oxygen atoms in total. The van der Waals surface area contributed by atoms with Crippen molar-refractivity contribution in [1.82, 2.24) is 19.9 Å². The molecule has 2 heterocycles. The number of aromatic nitrogens is 3. The summed E-state index contributed by atoms with van der Waals surface area (Å²) < 4.78 is 1.82. The molecule has 2 rings (SSSR count). The Kier molecular flexibility index (Phi) is 3.25. The molecule has 0 amide bonds. The summed E-state index contributed by atoms with van der Waals surface area (Å²) in [5, 5.41) is 17.1. The van der Waals surface area contributed by atoms with Gasteiger partial charge in [0.05, 0.1) is 11.9 Å². The van der Waals surface area contributed by atoms with Crippen molar-refractivity contribution in [1.29, 1.82) is 0 Å². The highest BCUT2D eigenvalue weighted by atomic mass is 16.3. The molecule has 16 heavy (non-hydrogen) atoms. The van der Waals surface area contributed by atoms with E-state index in [1.165, 1.54) is 0 Å². The van der Waals surface area contributed by atoms with Crippen molar-refractivity contribution in [2.24, 2.45) is 12.5 Å². The molecule has 5 heteroatoms. The highest BCUT2D eigenvalue weighted by Crippen LogP contribution is 2.30. The van der Waals surface area contributed by atoms with E-state index in [9.17, 15) is 5.11 Å². The third kappa shape index (κ3) is 2.41. The Bertz CT molecular complexity index is 342. The number of hydrogen-bond donors (Lipinski definition) is 1. The van der Waals surface area contributed by atoms with Crippen LogP contribution >= 0.6 is 0 Å². The smallest absolute Gasteiger partial charge is 0.0738 e. The van der Waals surface area contributed by atoms with Crippen LogP contribution in [-0.2, 0) is 13.6 Å². The highest BCUT2D eigenvalue weighted by molar-refractivity contribution is 4.94. The van der Waals surface area contributed by atoms with Crippen LogP contribution in [0, 0.1) is 5.41 Å². The van der Waals surface area contributed by atoms with Gasteiger partial charge in [-0.3, -0.25) is 9.58 Å². The molecule has 0 radical (unpaired) electrons. The molecule has 1 aliphatic heterocycles. The number of hydrogen-bond acceptors (Lipinski definition) is 4. The zero-order valence-electron chi connectivity index (χ0n) is 10.1. The van der Waals surface area contributed by atoms with Crippen molar-refractivity contribution < 1.29 is 5.11 Å². The van der Waals surface area contributed by atoms with Gasteiger partial charge in [-0.05, 0) is 31.3 Å². The molecule has 0 aliphatic carbocycles. The first-order valence-corrected chi connectivity index (χ1v) is 5.80. The second kappa shape index (κ2) is 4.51. The Morgan fingerprint density at radius 3 is 2.62 bits per heavy atom. The monoisotopic (exact) mass is 224 g/mol. The molecular formula is C11H20N4O. The summed E-state index contributed by atoms with van der Waals surface area (Å²) in [6.07, 6.45) is 3.95. The van der Waals surface area contributed by atoms with Gasteiger partial charge in [-0.1, -0.05) is 12.1 Å². The average molecular weight is 224 g/mol. The van der Waals surface area contributed by atoms with Crippen LogP contribution in [0.15, 0.2) is 6.20 Å². The lowest BCUT2D eigenvalue weighted by molar-refractivity contribution is 0.0548. The van der Waals surface area contributed by atoms with E-state index in [0.29, 0.717) is 6.61 Å². The van der Waals surface area contributed by atoms with Crippen LogP contribution < -0.4 is 0 Å². The number of aliphatic hydroxyl groups excluding tert-OH is 1. The Labute approximate surface area is 96.1 Å². The van der Waals surface area contributed by atoms with E-state index < -0.39 is 0 Å². The molecular weight excluding hydrogens is 204 g/mol. The maximum absolute atomic E-state index is 9.29. The van der Waals surface area contributed by atoms with Gasteiger partial charge in [0.2, 0.25) is 0 Å². The van der Waals surface area contributed by atoms with Crippen molar-refractivity contribution in [3.63, 3.8) is 0 Å². The van der Waals surface area contributed by atoms with E-state index in [2.05, 4.69) is 22.1 Å². The maximum atomic E-state index is 9.29. The van der Waals surface area contributed by atoms with E-state index in [4.69, 9.17) is 0 Å². The fourth-order valence-corrected chi connectivity index (χ4v) is 2.09. The molecule has 90 valence electrons. The summed E-state index contributed by atoms with van der Waals surface area (Å²) in [6, 6.07) is 0. The fourth-order valence-electron chi connectivity index (χ4n) is 2.09. The van der Waals surface area contributed by atoms with Crippen LogP contribution in [0.25, 0.3) is 0 Å². The van der Waals surface area contributed by atoms with Crippen molar-refractivity contribution in [3.8, 4) is 0 Å². The lowest BCUT2D eigenvalue weighted by Gasteiger charge is -2.38. The molecule has 1 aromatic rings. The molecule has 0 spiro atoms. The van der Waals surface area contributed by atoms with Gasteiger partial charge in [0.15, 0.2) is 0 Å². The largest absolute Gasteiger partial charge is 0.396 e. The van der Waals surface area contributed by atoms with Crippen molar-refractivity contribution >= 4 is 0 Å². The van der Waals surface area contributed by atoms with Gasteiger partial charge in [0, 0.05) is 20.2 Å². The third-order valence-corrected chi connectivity index (χ3v) is 3.64. The first-order valence-electron chi connectivity index (χ1n) is 5.80. The minimum atomic E-state index is 0.126. The predicted octanol–water partition coefficient (Wildman–Crippen LogP) is 0.409. The molecule has 0 atom stereocenters. The minimum Gasteiger partial charge on any atom is -0.396 e. The first kappa shape index (κ1) is 11.5. The van der Waals surface area contributed by atoms with E-state index in [-0.39, 0.29) is 5.41 Å². The summed E-state index contributed by atoms with van der Waals surface area (Å²) in [7, 11) is 1.92. The van der Waals surface area contributed by atoms with Gasteiger partial charge in [0.25, 0.3) is 0 Å². The standard InChI is InChI=1S/C11H20N4O/c1-11(9-16)3-5-15(6-4-11)8-10-7-12-13-14(10)2/h7,16H,3-6,8-9H2,1-2H3. The SMILES string of the molecule is Cn1nncc1CN1CCC(C)(CO)CC1. The van der Waals surface area contributed by atoms with Crippen molar-refractivity contribution in [3.05, 3.63) is 11.9 Å². The van der Waals surface area contributed by atoms with E-state index >= 15 is 0 Å². The molecule has 1 saturated heterocycles. The summed E-state index contributed by atoms with van der Waals surface area (Å²) in [5.41, 5.74) is 1.27. The van der Waals surface area contributed by atoms with Crippen LogP contribution in [0.1, 0.15) is 25.5 Å². The van der Waals surface area contributed by atoms with Crippen molar-refractivity contribution in [2.45, 2.75) is 26.3 Å². The first-order chi connectivity index (χ1) is 7.63. The number of aryl methyl sites for hydroxylation is 1. The number of nitrogens with zero attached hydrogens (tertiary/aromatic N) is 4. The van der Waals surface area contributed by atoms with Gasteiger partial charge in [0.1, 0.15) is 0 Å². The van der Waals surface area contributed by atoms with Gasteiger partial charge >= 0.3 is 0 Å². The molecule has 1 N–H and O–H groups in total. The molecule has 1 aromatic heterocycles. The van der Waals surface area contributed by atoms with Gasteiger partial charge in [-0.2, -0.15) is 0 Å². The third-order valence-electron chi connectivity index (χ3n) is 3.64. The van der Waals surface area contributed by atoms with E-state index in [1.54, 1.807) is 0 Å². The fraction of sp³-hybridized carbons (Fsp3) is 0.818. The number of piperidine rings is 1. The normalized spacial score (nSPS) is 21.2. The lowest BCUT2D eigenvalue weighted by atomic mass is 9.81. The van der Waals surface area contributed by atoms with Crippen LogP contribution in [0.4, 0.5) is 0 Å². The van der Waals surface area contributed by atoms with Gasteiger partial charge < -0.3 is 5.11 Å². The van der Waals surface area contributed by atoms with Crippen molar-refractivity contribution in [2.75, 3.05) is 19.7 Å². The summed E-state index contributed by atoms with van der Waals surface area (Å²) >= 11 is 0. The van der Waals surface area contributed by atoms with E-state index in [1.807, 2.05) is 17.9 Å². The topological polar surface area (TPSA) is 54.2 Å². The second-order valence-electron chi connectivity index (χ2n) is 5.09. The quantitative estimate of drug-likeness (QED) is 0.808. The van der Waals surface area contributed by atoms with E-state index in [0.717, 1.165) is 38.2 Å². The number of rotatable bonds is 3. The lowest BCUT2D eigenvalue weighted by Crippen LogP contribution is -2.40.